The second kappa shape index (κ2) is 7.46. The minimum atomic E-state index is -0.881. The third-order valence-corrected chi connectivity index (χ3v) is 4.03. The van der Waals surface area contributed by atoms with Gasteiger partial charge < -0.3 is 15.0 Å². The monoisotopic (exact) mass is 389 g/mol. The van der Waals surface area contributed by atoms with E-state index in [1.807, 2.05) is 0 Å². The van der Waals surface area contributed by atoms with Crippen LogP contribution in [-0.2, 0) is 0 Å². The van der Waals surface area contributed by atoms with E-state index in [0.29, 0.717) is 16.0 Å². The molecule has 2 N–H and O–H groups in total. The number of nitrogens with one attached hydrogen (secondary N) is 2. The number of methoxy groups -OCH3 is 1. The van der Waals surface area contributed by atoms with Gasteiger partial charge in [0.2, 0.25) is 0 Å². The van der Waals surface area contributed by atoms with Crippen LogP contribution in [0.3, 0.4) is 0 Å². The first kappa shape index (κ1) is 18.4. The van der Waals surface area contributed by atoms with Crippen molar-refractivity contribution in [3.05, 3.63) is 85.9 Å². The number of rotatable bonds is 4. The summed E-state index contributed by atoms with van der Waals surface area (Å²) in [6.07, 6.45) is 1.01. The number of hydrogen-bond acceptors (Lipinski definition) is 4. The number of hydrogen-bond donors (Lipinski definition) is 2. The zero-order chi connectivity index (χ0) is 19.6. The molecule has 1 aromatic heterocycles. The van der Waals surface area contributed by atoms with E-state index in [1.54, 1.807) is 24.3 Å². The molecule has 0 unspecified atom stereocenters. The van der Waals surface area contributed by atoms with Gasteiger partial charge in [0.05, 0.1) is 23.5 Å². The summed E-state index contributed by atoms with van der Waals surface area (Å²) >= 11 is 5.72. The van der Waals surface area contributed by atoms with Crippen molar-refractivity contribution in [2.24, 2.45) is 0 Å². The fourth-order valence-corrected chi connectivity index (χ4v) is 2.61. The third kappa shape index (κ3) is 3.61. The maximum atomic E-state index is 13.4. The molecule has 9 heteroatoms. The highest BCUT2D eigenvalue weighted by atomic mass is 35.5. The van der Waals surface area contributed by atoms with E-state index < -0.39 is 23.0 Å². The summed E-state index contributed by atoms with van der Waals surface area (Å²) < 4.78 is 19.2. The zero-order valence-electron chi connectivity index (χ0n) is 14.0. The summed E-state index contributed by atoms with van der Waals surface area (Å²) in [4.78, 5) is 39.6. The Labute approximate surface area is 157 Å². The normalized spacial score (nSPS) is 10.5. The van der Waals surface area contributed by atoms with Crippen LogP contribution >= 0.6 is 11.6 Å². The van der Waals surface area contributed by atoms with E-state index in [2.05, 4.69) is 10.3 Å². The molecule has 0 radical (unpaired) electrons. The van der Waals surface area contributed by atoms with Gasteiger partial charge >= 0.3 is 5.69 Å². The summed E-state index contributed by atoms with van der Waals surface area (Å²) in [6.45, 7) is 0. The Bertz CT molecular complexity index is 1140. The maximum Gasteiger partial charge on any atom is 0.333 e. The first-order valence-electron chi connectivity index (χ1n) is 7.67. The van der Waals surface area contributed by atoms with Gasteiger partial charge in [-0.2, -0.15) is 0 Å². The highest BCUT2D eigenvalue weighted by molar-refractivity contribution is 6.30. The number of ether oxygens (including phenoxy) is 1. The number of carbonyl (C=O) groups excluding carboxylic acids is 1. The molecule has 2 aromatic carbocycles. The largest absolute Gasteiger partial charge is 0.495 e. The van der Waals surface area contributed by atoms with Crippen LogP contribution in [0.5, 0.6) is 5.75 Å². The first-order valence-corrected chi connectivity index (χ1v) is 8.04. The van der Waals surface area contributed by atoms with Crippen molar-refractivity contribution in [3.8, 4) is 11.4 Å². The van der Waals surface area contributed by atoms with Crippen LogP contribution < -0.4 is 21.3 Å². The molecule has 3 rings (SSSR count). The predicted octanol–water partition coefficient (Wildman–Crippen LogP) is 2.58. The molecule has 0 fully saturated rings. The number of H-pyrrole nitrogens is 1. The Morgan fingerprint density at radius 1 is 1.22 bits per heavy atom. The minimum Gasteiger partial charge on any atom is -0.495 e. The van der Waals surface area contributed by atoms with Crippen LogP contribution in [0, 0.1) is 5.82 Å². The Balaban J connectivity index is 2.05. The number of aromatic amines is 1. The SMILES string of the molecule is COc1ccccc1NC(=O)c1c[nH]c(=O)n(-c2ccc(F)c(Cl)c2)c1=O. The molecular weight excluding hydrogens is 377 g/mol. The van der Waals surface area contributed by atoms with Crippen molar-refractivity contribution < 1.29 is 13.9 Å². The lowest BCUT2D eigenvalue weighted by Crippen LogP contribution is -2.38. The quantitative estimate of drug-likeness (QED) is 0.717. The van der Waals surface area contributed by atoms with Gasteiger partial charge in [-0.1, -0.05) is 23.7 Å². The number of carbonyl (C=O) groups is 1. The Morgan fingerprint density at radius 2 is 1.96 bits per heavy atom. The molecule has 0 saturated carbocycles. The third-order valence-electron chi connectivity index (χ3n) is 3.74. The fourth-order valence-electron chi connectivity index (χ4n) is 2.43. The van der Waals surface area contributed by atoms with Crippen molar-refractivity contribution >= 4 is 23.2 Å². The Hall–Kier alpha value is -3.39. The molecule has 0 aliphatic rings. The number of anilines is 1. The van der Waals surface area contributed by atoms with E-state index in [9.17, 15) is 18.8 Å². The smallest absolute Gasteiger partial charge is 0.333 e. The maximum absolute atomic E-state index is 13.4. The molecule has 0 bridgehead atoms. The summed E-state index contributed by atoms with van der Waals surface area (Å²) in [5.41, 5.74) is -1.61. The van der Waals surface area contributed by atoms with Gasteiger partial charge in [-0.25, -0.2) is 13.8 Å². The number of aromatic nitrogens is 2. The molecule has 0 aliphatic carbocycles. The van der Waals surface area contributed by atoms with Crippen LogP contribution in [0.2, 0.25) is 5.02 Å². The summed E-state index contributed by atoms with van der Waals surface area (Å²) in [5.74, 6) is -1.04. The predicted molar refractivity (Wildman–Crippen MR) is 98.6 cm³/mol. The van der Waals surface area contributed by atoms with E-state index in [1.165, 1.54) is 13.2 Å². The standard InChI is InChI=1S/C18H13ClFN3O4/c1-27-15-5-3-2-4-14(15)22-16(24)11-9-21-18(26)23(17(11)25)10-6-7-13(20)12(19)8-10/h2-9H,1H3,(H,21,26)(H,22,24). The van der Waals surface area contributed by atoms with Gasteiger partial charge in [0.25, 0.3) is 11.5 Å². The number of halogens is 2. The molecule has 27 heavy (non-hydrogen) atoms. The van der Waals surface area contributed by atoms with Gasteiger partial charge in [0.1, 0.15) is 17.1 Å². The van der Waals surface area contributed by atoms with Crippen molar-refractivity contribution in [3.63, 3.8) is 0 Å². The van der Waals surface area contributed by atoms with Gasteiger partial charge in [-0.3, -0.25) is 9.59 Å². The lowest BCUT2D eigenvalue weighted by Gasteiger charge is -2.11. The van der Waals surface area contributed by atoms with Gasteiger partial charge in [-0.05, 0) is 30.3 Å². The summed E-state index contributed by atoms with van der Waals surface area (Å²) in [6, 6.07) is 9.99. The number of benzene rings is 2. The van der Waals surface area contributed by atoms with E-state index in [0.717, 1.165) is 18.3 Å². The second-order valence-corrected chi connectivity index (χ2v) is 5.81. The molecule has 7 nitrogen and oxygen atoms in total. The summed E-state index contributed by atoms with van der Waals surface area (Å²) in [5, 5.41) is 2.29. The van der Waals surface area contributed by atoms with Crippen LogP contribution in [-0.4, -0.2) is 22.6 Å². The molecule has 0 atom stereocenters. The lowest BCUT2D eigenvalue weighted by atomic mass is 10.2. The van der Waals surface area contributed by atoms with E-state index >= 15 is 0 Å². The minimum absolute atomic E-state index is 0.0274. The number of para-hydroxylation sites is 2. The Kier molecular flexibility index (Phi) is 5.09. The second-order valence-electron chi connectivity index (χ2n) is 5.40. The average molecular weight is 390 g/mol. The Morgan fingerprint density at radius 3 is 2.67 bits per heavy atom. The van der Waals surface area contributed by atoms with Crippen LogP contribution in [0.4, 0.5) is 10.1 Å². The molecule has 0 saturated heterocycles. The van der Waals surface area contributed by atoms with E-state index in [4.69, 9.17) is 16.3 Å². The highest BCUT2D eigenvalue weighted by Gasteiger charge is 2.17. The molecule has 0 aliphatic heterocycles. The topological polar surface area (TPSA) is 93.2 Å². The molecule has 3 aromatic rings. The van der Waals surface area contributed by atoms with Crippen molar-refractivity contribution in [1.29, 1.82) is 0 Å². The molecule has 1 amide bonds. The summed E-state index contributed by atoms with van der Waals surface area (Å²) in [7, 11) is 1.44. The number of nitrogens with zero attached hydrogens (tertiary/aromatic N) is 1. The van der Waals surface area contributed by atoms with Crippen molar-refractivity contribution in [1.82, 2.24) is 9.55 Å². The van der Waals surface area contributed by atoms with Crippen LogP contribution in [0.15, 0.2) is 58.3 Å². The van der Waals surface area contributed by atoms with E-state index in [-0.39, 0.29) is 16.3 Å². The van der Waals surface area contributed by atoms with Crippen LogP contribution in [0.1, 0.15) is 10.4 Å². The van der Waals surface area contributed by atoms with Gasteiger partial charge in [0.15, 0.2) is 0 Å². The number of amides is 1. The molecule has 1 heterocycles. The zero-order valence-corrected chi connectivity index (χ0v) is 14.7. The van der Waals surface area contributed by atoms with Crippen molar-refractivity contribution in [2.45, 2.75) is 0 Å². The average Bonchev–Trinajstić information content (AvgIpc) is 2.65. The first-order chi connectivity index (χ1) is 12.9. The lowest BCUT2D eigenvalue weighted by molar-refractivity contribution is 0.102. The van der Waals surface area contributed by atoms with Gasteiger partial charge in [0, 0.05) is 6.20 Å². The van der Waals surface area contributed by atoms with Crippen LogP contribution in [0.25, 0.3) is 5.69 Å². The highest BCUT2D eigenvalue weighted by Crippen LogP contribution is 2.23. The van der Waals surface area contributed by atoms with Gasteiger partial charge in [-0.15, -0.1) is 0 Å². The van der Waals surface area contributed by atoms with Crippen molar-refractivity contribution in [2.75, 3.05) is 12.4 Å². The molecule has 138 valence electrons. The molecule has 0 spiro atoms. The molecular formula is C18H13ClFN3O4. The fraction of sp³-hybridized carbons (Fsp3) is 0.0556.